The first-order valence-electron chi connectivity index (χ1n) is 13.5. The molecule has 10 nitrogen and oxygen atoms in total. The molecule has 3 unspecified atom stereocenters. The van der Waals surface area contributed by atoms with Gasteiger partial charge < -0.3 is 24.7 Å². The SMILES string of the molecule is CCn1nccc1C(=O)NC(c1nc2cc(C(COC)N3CC(C(F)F)NC3=O)ccc2o1)C1CCC(F)(F)CC1. The number of ether oxygens (including phenoxy) is 1. The van der Waals surface area contributed by atoms with Crippen LogP contribution in [0.4, 0.5) is 22.4 Å². The molecule has 0 spiro atoms. The summed E-state index contributed by atoms with van der Waals surface area (Å²) in [4.78, 5) is 31.6. The van der Waals surface area contributed by atoms with Crippen molar-refractivity contribution in [1.29, 1.82) is 0 Å². The Balaban J connectivity index is 1.45. The number of alkyl halides is 4. The molecule has 3 heterocycles. The topological polar surface area (TPSA) is 115 Å². The van der Waals surface area contributed by atoms with E-state index < -0.39 is 42.4 Å². The van der Waals surface area contributed by atoms with E-state index in [1.807, 2.05) is 6.92 Å². The fourth-order valence-corrected chi connectivity index (χ4v) is 5.59. The van der Waals surface area contributed by atoms with Crippen molar-refractivity contribution in [3.05, 3.63) is 47.6 Å². The Labute approximate surface area is 233 Å². The standard InChI is InChI=1S/C27H32F4N6O4/c1-3-37-19(8-11-32-37)24(38)35-22(15-6-9-27(30,31)10-7-15)25-33-17-12-16(4-5-21(17)41-25)20(14-40-2)36-13-18(23(28)29)34-26(36)39/h4-5,8,11-12,15,18,20,22-23H,3,6-7,9-10,13-14H2,1-2H3,(H,34,39)(H,35,38). The molecule has 2 aliphatic rings. The van der Waals surface area contributed by atoms with Gasteiger partial charge in [0, 0.05) is 39.2 Å². The monoisotopic (exact) mass is 580 g/mol. The predicted octanol–water partition coefficient (Wildman–Crippen LogP) is 4.69. The molecule has 14 heteroatoms. The molecule has 1 aliphatic heterocycles. The zero-order valence-electron chi connectivity index (χ0n) is 22.7. The van der Waals surface area contributed by atoms with Crippen LogP contribution in [0.5, 0.6) is 0 Å². The summed E-state index contributed by atoms with van der Waals surface area (Å²) in [6.07, 6.45) is -1.48. The molecule has 0 radical (unpaired) electrons. The number of nitrogens with one attached hydrogen (secondary N) is 2. The van der Waals surface area contributed by atoms with Gasteiger partial charge in [0.25, 0.3) is 12.3 Å². The number of fused-ring (bicyclic) bond motifs is 1. The number of hydrogen-bond acceptors (Lipinski definition) is 6. The highest BCUT2D eigenvalue weighted by Gasteiger charge is 2.41. The second-order valence-corrected chi connectivity index (χ2v) is 10.5. The average molecular weight is 581 g/mol. The van der Waals surface area contributed by atoms with Crippen LogP contribution in [0.1, 0.15) is 66.6 Å². The van der Waals surface area contributed by atoms with Crippen LogP contribution in [0, 0.1) is 5.92 Å². The van der Waals surface area contributed by atoms with Gasteiger partial charge >= 0.3 is 6.03 Å². The van der Waals surface area contributed by atoms with Gasteiger partial charge in [0.05, 0.1) is 12.6 Å². The minimum atomic E-state index is -2.76. The lowest BCUT2D eigenvalue weighted by atomic mass is 9.82. The van der Waals surface area contributed by atoms with Crippen molar-refractivity contribution in [3.63, 3.8) is 0 Å². The lowest BCUT2D eigenvalue weighted by Gasteiger charge is -2.32. The molecule has 5 rings (SSSR count). The van der Waals surface area contributed by atoms with Gasteiger partial charge in [-0.05, 0) is 49.4 Å². The summed E-state index contributed by atoms with van der Waals surface area (Å²) in [5.41, 5.74) is 1.71. The number of aromatic nitrogens is 3. The quantitative estimate of drug-likeness (QED) is 0.337. The van der Waals surface area contributed by atoms with Crippen LogP contribution in [0.25, 0.3) is 11.1 Å². The van der Waals surface area contributed by atoms with Crippen molar-refractivity contribution in [2.45, 2.75) is 69.6 Å². The highest BCUT2D eigenvalue weighted by molar-refractivity contribution is 5.92. The van der Waals surface area contributed by atoms with E-state index in [0.29, 0.717) is 28.9 Å². The number of carbonyl (C=O) groups excluding carboxylic acids is 2. The molecule has 3 atom stereocenters. The number of nitrogens with zero attached hydrogens (tertiary/aromatic N) is 4. The number of amides is 3. The van der Waals surface area contributed by atoms with Crippen molar-refractivity contribution in [3.8, 4) is 0 Å². The van der Waals surface area contributed by atoms with Crippen LogP contribution in [-0.2, 0) is 11.3 Å². The smallest absolute Gasteiger partial charge is 0.318 e. The minimum absolute atomic E-state index is 0.0552. The lowest BCUT2D eigenvalue weighted by molar-refractivity contribution is -0.0503. The third-order valence-electron chi connectivity index (χ3n) is 7.82. The first kappa shape index (κ1) is 28.8. The maximum Gasteiger partial charge on any atom is 0.318 e. The Hall–Kier alpha value is -3.68. The van der Waals surface area contributed by atoms with Crippen molar-refractivity contribution in [2.24, 2.45) is 5.92 Å². The van der Waals surface area contributed by atoms with Gasteiger partial charge in [0.15, 0.2) is 5.58 Å². The number of carbonyl (C=O) groups is 2. The van der Waals surface area contributed by atoms with E-state index in [2.05, 4.69) is 20.7 Å². The zero-order chi connectivity index (χ0) is 29.3. The number of oxazole rings is 1. The molecule has 1 saturated carbocycles. The highest BCUT2D eigenvalue weighted by atomic mass is 19.3. The van der Waals surface area contributed by atoms with Crippen LogP contribution in [0.15, 0.2) is 34.9 Å². The first-order chi connectivity index (χ1) is 19.6. The molecule has 3 aromatic rings. The lowest BCUT2D eigenvalue weighted by Crippen LogP contribution is -2.38. The van der Waals surface area contributed by atoms with E-state index in [0.717, 1.165) is 0 Å². The molecular formula is C27H32F4N6O4. The average Bonchev–Trinajstić information content (AvgIpc) is 3.68. The van der Waals surface area contributed by atoms with E-state index >= 15 is 0 Å². The Kier molecular flexibility index (Phi) is 8.20. The predicted molar refractivity (Wildman–Crippen MR) is 139 cm³/mol. The molecule has 1 saturated heterocycles. The minimum Gasteiger partial charge on any atom is -0.438 e. The number of halogens is 4. The van der Waals surface area contributed by atoms with Crippen LogP contribution in [0.3, 0.4) is 0 Å². The number of aryl methyl sites for hydroxylation is 1. The normalized spacial score (nSPS) is 20.9. The van der Waals surface area contributed by atoms with Crippen LogP contribution in [-0.4, -0.2) is 70.3 Å². The third-order valence-corrected chi connectivity index (χ3v) is 7.82. The molecule has 2 aromatic heterocycles. The number of rotatable bonds is 10. The summed E-state index contributed by atoms with van der Waals surface area (Å²) in [7, 11) is 1.45. The summed E-state index contributed by atoms with van der Waals surface area (Å²) in [5, 5.41) is 9.36. The molecule has 41 heavy (non-hydrogen) atoms. The summed E-state index contributed by atoms with van der Waals surface area (Å²) in [6, 6.07) is 3.23. The van der Waals surface area contributed by atoms with Crippen LogP contribution < -0.4 is 10.6 Å². The molecule has 1 aliphatic carbocycles. The third kappa shape index (κ3) is 6.02. The highest BCUT2D eigenvalue weighted by Crippen LogP contribution is 2.42. The summed E-state index contributed by atoms with van der Waals surface area (Å²) < 4.78 is 67.4. The largest absolute Gasteiger partial charge is 0.438 e. The maximum atomic E-state index is 14.0. The van der Waals surface area contributed by atoms with E-state index in [1.165, 1.54) is 22.9 Å². The van der Waals surface area contributed by atoms with E-state index in [9.17, 15) is 27.2 Å². The van der Waals surface area contributed by atoms with Crippen LogP contribution >= 0.6 is 0 Å². The van der Waals surface area contributed by atoms with Gasteiger partial charge in [-0.15, -0.1) is 0 Å². The summed E-state index contributed by atoms with van der Waals surface area (Å²) >= 11 is 0. The molecule has 0 bridgehead atoms. The van der Waals surface area contributed by atoms with Gasteiger partial charge in [0.1, 0.15) is 23.3 Å². The Bertz CT molecular complexity index is 1390. The number of hydrogen-bond donors (Lipinski definition) is 2. The van der Waals surface area contributed by atoms with Gasteiger partial charge in [-0.2, -0.15) is 5.10 Å². The van der Waals surface area contributed by atoms with Gasteiger partial charge in [0.2, 0.25) is 11.8 Å². The second-order valence-electron chi connectivity index (χ2n) is 10.5. The number of benzene rings is 1. The molecule has 1 aromatic carbocycles. The van der Waals surface area contributed by atoms with Crippen molar-refractivity contribution < 1.29 is 36.3 Å². The van der Waals surface area contributed by atoms with Crippen molar-refractivity contribution in [1.82, 2.24) is 30.3 Å². The molecule has 2 fully saturated rings. The second kappa shape index (κ2) is 11.7. The Morgan fingerprint density at radius 2 is 2.02 bits per heavy atom. The van der Waals surface area contributed by atoms with Crippen molar-refractivity contribution >= 4 is 23.0 Å². The number of urea groups is 1. The fourth-order valence-electron chi connectivity index (χ4n) is 5.59. The molecule has 3 amide bonds. The zero-order valence-corrected chi connectivity index (χ0v) is 22.7. The first-order valence-corrected chi connectivity index (χ1v) is 13.5. The summed E-state index contributed by atoms with van der Waals surface area (Å²) in [6.45, 7) is 2.18. The molecule has 2 N–H and O–H groups in total. The van der Waals surface area contributed by atoms with Gasteiger partial charge in [-0.1, -0.05) is 6.07 Å². The van der Waals surface area contributed by atoms with E-state index in [-0.39, 0.29) is 50.6 Å². The fraction of sp³-hybridized carbons (Fsp3) is 0.556. The summed E-state index contributed by atoms with van der Waals surface area (Å²) in [5.74, 6) is -3.36. The Morgan fingerprint density at radius 1 is 1.27 bits per heavy atom. The van der Waals surface area contributed by atoms with Gasteiger partial charge in [-0.3, -0.25) is 9.48 Å². The maximum absolute atomic E-state index is 14.0. The van der Waals surface area contributed by atoms with E-state index in [1.54, 1.807) is 24.3 Å². The van der Waals surface area contributed by atoms with Crippen molar-refractivity contribution in [2.75, 3.05) is 20.3 Å². The Morgan fingerprint density at radius 3 is 2.68 bits per heavy atom. The molecule has 222 valence electrons. The number of methoxy groups -OCH3 is 1. The van der Waals surface area contributed by atoms with E-state index in [4.69, 9.17) is 9.15 Å². The van der Waals surface area contributed by atoms with Crippen LogP contribution in [0.2, 0.25) is 0 Å². The van der Waals surface area contributed by atoms with Gasteiger partial charge in [-0.25, -0.2) is 27.3 Å². The molecular weight excluding hydrogens is 548 g/mol.